The normalized spacial score (nSPS) is 13.9. The number of rotatable bonds is 6. The fraction of sp³-hybridized carbons (Fsp3) is 0.316. The maximum Gasteiger partial charge on any atom is 0.183 e. The highest BCUT2D eigenvalue weighted by molar-refractivity contribution is 7.80. The molecule has 0 N–H and O–H groups in total. The van der Waals surface area contributed by atoms with Gasteiger partial charge in [-0.1, -0.05) is 49.4 Å². The first-order chi connectivity index (χ1) is 10.5. The second-order valence-corrected chi connectivity index (χ2v) is 6.33. The Morgan fingerprint density at radius 2 is 1.64 bits per heavy atom. The van der Waals surface area contributed by atoms with E-state index in [-0.39, 0.29) is 5.78 Å². The summed E-state index contributed by atoms with van der Waals surface area (Å²) in [7, 11) is 3.97. The Kier molecular flexibility index (Phi) is 5.43. The van der Waals surface area contributed by atoms with E-state index in [9.17, 15) is 4.79 Å². The van der Waals surface area contributed by atoms with E-state index in [2.05, 4.69) is 36.6 Å². The van der Waals surface area contributed by atoms with Crippen LogP contribution in [-0.2, 0) is 6.42 Å². The van der Waals surface area contributed by atoms with Gasteiger partial charge in [-0.15, -0.1) is 12.6 Å². The zero-order valence-corrected chi connectivity index (χ0v) is 14.3. The molecule has 0 amide bonds. The first kappa shape index (κ1) is 16.8. The first-order valence-corrected chi connectivity index (χ1v) is 7.99. The molecule has 0 bridgehead atoms. The van der Waals surface area contributed by atoms with Gasteiger partial charge in [0.05, 0.1) is 5.54 Å². The molecule has 1 unspecified atom stereocenters. The van der Waals surface area contributed by atoms with Crippen LogP contribution < -0.4 is 0 Å². The number of nitrogens with zero attached hydrogens (tertiary/aromatic N) is 1. The van der Waals surface area contributed by atoms with Gasteiger partial charge in [0.25, 0.3) is 0 Å². The number of likely N-dealkylation sites (N-methyl/N-ethyl adjacent to an activating group) is 1. The maximum atomic E-state index is 13.2. The average Bonchev–Trinajstić information content (AvgIpc) is 2.53. The number of Topliss-reactive ketones (excluding diaryl/α,β-unsaturated/α-hetero) is 1. The molecule has 116 valence electrons. The molecule has 0 aliphatic carbocycles. The zero-order chi connectivity index (χ0) is 16.2. The van der Waals surface area contributed by atoms with Crippen LogP contribution in [0.5, 0.6) is 0 Å². The third-order valence-corrected chi connectivity index (χ3v) is 4.63. The van der Waals surface area contributed by atoms with E-state index in [0.717, 1.165) is 16.9 Å². The van der Waals surface area contributed by atoms with Gasteiger partial charge in [0.2, 0.25) is 0 Å². The van der Waals surface area contributed by atoms with E-state index in [4.69, 9.17) is 0 Å². The lowest BCUT2D eigenvalue weighted by molar-refractivity contribution is 0.0666. The molecular formula is C19H23NOS. The molecule has 2 rings (SSSR count). The number of ketones is 1. The molecule has 3 heteroatoms. The van der Waals surface area contributed by atoms with Crippen LogP contribution in [0, 0.1) is 0 Å². The van der Waals surface area contributed by atoms with Crippen LogP contribution in [0.4, 0.5) is 0 Å². The molecule has 2 aromatic carbocycles. The predicted molar refractivity (Wildman–Crippen MR) is 94.9 cm³/mol. The first-order valence-electron chi connectivity index (χ1n) is 7.55. The number of hydrogen-bond donors (Lipinski definition) is 1. The number of carbonyl (C=O) groups excluding carboxylic acids is 1. The second-order valence-electron chi connectivity index (χ2n) is 5.82. The quantitative estimate of drug-likeness (QED) is 0.640. The van der Waals surface area contributed by atoms with E-state index >= 15 is 0 Å². The van der Waals surface area contributed by atoms with Gasteiger partial charge in [0.1, 0.15) is 0 Å². The Balaban J connectivity index is 2.40. The van der Waals surface area contributed by atoms with Gasteiger partial charge in [0.15, 0.2) is 5.78 Å². The number of hydrogen-bond acceptors (Lipinski definition) is 3. The van der Waals surface area contributed by atoms with Gasteiger partial charge >= 0.3 is 0 Å². The maximum absolute atomic E-state index is 13.2. The molecule has 2 aromatic rings. The minimum atomic E-state index is -0.528. The molecule has 0 heterocycles. The van der Waals surface area contributed by atoms with E-state index in [1.165, 1.54) is 5.56 Å². The summed E-state index contributed by atoms with van der Waals surface area (Å²) < 4.78 is 0. The Hall–Kier alpha value is -1.58. The van der Waals surface area contributed by atoms with Crippen molar-refractivity contribution in [2.75, 3.05) is 14.1 Å². The van der Waals surface area contributed by atoms with Gasteiger partial charge < -0.3 is 0 Å². The summed E-state index contributed by atoms with van der Waals surface area (Å²) in [4.78, 5) is 16.1. The number of carbonyl (C=O) groups is 1. The van der Waals surface area contributed by atoms with Crippen LogP contribution in [0.1, 0.15) is 29.3 Å². The zero-order valence-electron chi connectivity index (χ0n) is 13.4. The van der Waals surface area contributed by atoms with E-state index in [1.807, 2.05) is 56.6 Å². The second kappa shape index (κ2) is 7.12. The van der Waals surface area contributed by atoms with Crippen molar-refractivity contribution >= 4 is 18.4 Å². The van der Waals surface area contributed by atoms with Gasteiger partial charge in [-0.25, -0.2) is 0 Å². The predicted octanol–water partition coefficient (Wildman–Crippen LogP) is 4.11. The summed E-state index contributed by atoms with van der Waals surface area (Å²) in [6.45, 7) is 2.08. The third kappa shape index (κ3) is 3.42. The molecular weight excluding hydrogens is 290 g/mol. The Labute approximate surface area is 138 Å². The van der Waals surface area contributed by atoms with Crippen molar-refractivity contribution in [2.24, 2.45) is 0 Å². The topological polar surface area (TPSA) is 20.3 Å². The average molecular weight is 313 g/mol. The number of thiol groups is 1. The molecule has 2 nitrogen and oxygen atoms in total. The van der Waals surface area contributed by atoms with Gasteiger partial charge in [-0.05, 0) is 44.6 Å². The Bertz CT molecular complexity index is 622. The highest BCUT2D eigenvalue weighted by atomic mass is 32.1. The summed E-state index contributed by atoms with van der Waals surface area (Å²) in [5, 5.41) is 0. The van der Waals surface area contributed by atoms with Crippen molar-refractivity contribution in [1.29, 1.82) is 0 Å². The third-order valence-electron chi connectivity index (χ3n) is 4.33. The van der Waals surface area contributed by atoms with Crippen LogP contribution >= 0.6 is 12.6 Å². The highest BCUT2D eigenvalue weighted by Crippen LogP contribution is 2.28. The van der Waals surface area contributed by atoms with Crippen LogP contribution in [0.3, 0.4) is 0 Å². The molecule has 0 spiro atoms. The SMILES string of the molecule is CCC(Cc1ccccc1)(C(=O)c1ccc(S)cc1)N(C)C. The van der Waals surface area contributed by atoms with Crippen molar-refractivity contribution in [3.63, 3.8) is 0 Å². The molecule has 0 radical (unpaired) electrons. The molecule has 0 aliphatic rings. The molecule has 0 aliphatic heterocycles. The largest absolute Gasteiger partial charge is 0.297 e. The summed E-state index contributed by atoms with van der Waals surface area (Å²) >= 11 is 4.29. The lowest BCUT2D eigenvalue weighted by Crippen LogP contribution is -2.52. The minimum Gasteiger partial charge on any atom is -0.297 e. The van der Waals surface area contributed by atoms with E-state index in [1.54, 1.807) is 0 Å². The fourth-order valence-electron chi connectivity index (χ4n) is 2.86. The monoisotopic (exact) mass is 313 g/mol. The highest BCUT2D eigenvalue weighted by Gasteiger charge is 2.39. The van der Waals surface area contributed by atoms with Crippen molar-refractivity contribution in [3.8, 4) is 0 Å². The lowest BCUT2D eigenvalue weighted by Gasteiger charge is -2.38. The minimum absolute atomic E-state index is 0.164. The summed E-state index contributed by atoms with van der Waals surface area (Å²) in [6, 6.07) is 17.7. The summed E-state index contributed by atoms with van der Waals surface area (Å²) in [5.41, 5.74) is 1.39. The van der Waals surface area contributed by atoms with Gasteiger partial charge in [-0.2, -0.15) is 0 Å². The van der Waals surface area contributed by atoms with Gasteiger partial charge in [-0.3, -0.25) is 9.69 Å². The summed E-state index contributed by atoms with van der Waals surface area (Å²) in [6.07, 6.45) is 1.47. The van der Waals surface area contributed by atoms with Crippen LogP contribution in [0.2, 0.25) is 0 Å². The van der Waals surface area contributed by atoms with Crippen molar-refractivity contribution in [2.45, 2.75) is 30.2 Å². The Morgan fingerprint density at radius 1 is 1.05 bits per heavy atom. The fourth-order valence-corrected chi connectivity index (χ4v) is 3.01. The van der Waals surface area contributed by atoms with Crippen molar-refractivity contribution in [3.05, 3.63) is 65.7 Å². The van der Waals surface area contributed by atoms with E-state index in [0.29, 0.717) is 6.42 Å². The molecule has 0 saturated heterocycles. The molecule has 1 atom stereocenters. The Morgan fingerprint density at radius 3 is 2.14 bits per heavy atom. The summed E-state index contributed by atoms with van der Waals surface area (Å²) in [5.74, 6) is 0.164. The number of benzene rings is 2. The van der Waals surface area contributed by atoms with Crippen LogP contribution in [-0.4, -0.2) is 30.3 Å². The van der Waals surface area contributed by atoms with Gasteiger partial charge in [0, 0.05) is 10.5 Å². The van der Waals surface area contributed by atoms with Crippen LogP contribution in [0.15, 0.2) is 59.5 Å². The lowest BCUT2D eigenvalue weighted by atomic mass is 9.80. The molecule has 22 heavy (non-hydrogen) atoms. The van der Waals surface area contributed by atoms with Crippen molar-refractivity contribution < 1.29 is 4.79 Å². The molecule has 0 saturated carbocycles. The molecule has 0 aromatic heterocycles. The van der Waals surface area contributed by atoms with Crippen molar-refractivity contribution in [1.82, 2.24) is 4.90 Å². The smallest absolute Gasteiger partial charge is 0.183 e. The van der Waals surface area contributed by atoms with E-state index < -0.39 is 5.54 Å². The van der Waals surface area contributed by atoms with Crippen LogP contribution in [0.25, 0.3) is 0 Å². The molecule has 0 fully saturated rings. The standard InChI is InChI=1S/C19H23NOS/c1-4-19(20(2)3,14-15-8-6-5-7-9-15)18(21)16-10-12-17(22)13-11-16/h5-13,22H,4,14H2,1-3H3.